The highest BCUT2D eigenvalue weighted by molar-refractivity contribution is 5.91. The number of carbonyl (C=O) groups excluding carboxylic acids is 1. The van der Waals surface area contributed by atoms with Crippen LogP contribution in [0.3, 0.4) is 0 Å². The number of methoxy groups -OCH3 is 1. The van der Waals surface area contributed by atoms with Crippen molar-refractivity contribution >= 4 is 22.8 Å². The maximum Gasteiger partial charge on any atom is 0.263 e. The molecular weight excluding hydrogens is 362 g/mol. The fraction of sp³-hybridized carbons (Fsp3) is 0.167. The molecule has 1 aromatic carbocycles. The quantitative estimate of drug-likeness (QED) is 0.537. The molecule has 28 heavy (non-hydrogen) atoms. The number of carbonyl (C=O) groups is 1. The molecule has 0 radical (unpaired) electrons. The van der Waals surface area contributed by atoms with Crippen molar-refractivity contribution in [3.05, 3.63) is 58.6 Å². The van der Waals surface area contributed by atoms with Crippen molar-refractivity contribution in [2.24, 2.45) is 0 Å². The zero-order valence-corrected chi connectivity index (χ0v) is 15.2. The first-order valence-corrected chi connectivity index (χ1v) is 8.46. The van der Waals surface area contributed by atoms with Gasteiger partial charge in [0.05, 0.1) is 17.6 Å². The van der Waals surface area contributed by atoms with E-state index in [9.17, 15) is 9.59 Å². The Labute approximate surface area is 158 Å². The summed E-state index contributed by atoms with van der Waals surface area (Å²) in [5, 5.41) is 11.6. The maximum absolute atomic E-state index is 12.6. The molecule has 0 aliphatic heterocycles. The van der Waals surface area contributed by atoms with Crippen LogP contribution in [0.2, 0.25) is 0 Å². The Hall–Kier alpha value is -3.79. The number of rotatable bonds is 5. The third-order valence-corrected chi connectivity index (χ3v) is 4.00. The first-order valence-electron chi connectivity index (χ1n) is 8.46. The van der Waals surface area contributed by atoms with E-state index in [1.807, 2.05) is 30.3 Å². The number of hydrogen-bond donors (Lipinski definition) is 2. The molecule has 4 rings (SSSR count). The van der Waals surface area contributed by atoms with Crippen molar-refractivity contribution in [3.63, 3.8) is 0 Å². The van der Waals surface area contributed by atoms with Gasteiger partial charge in [0.25, 0.3) is 11.5 Å². The Bertz CT molecular complexity index is 1210. The predicted molar refractivity (Wildman–Crippen MR) is 102 cm³/mol. The van der Waals surface area contributed by atoms with Gasteiger partial charge in [-0.1, -0.05) is 18.2 Å². The molecule has 0 saturated heterocycles. The molecule has 0 fully saturated rings. The number of aryl methyl sites for hydroxylation is 1. The van der Waals surface area contributed by atoms with Crippen molar-refractivity contribution in [2.75, 3.05) is 19.0 Å². The van der Waals surface area contributed by atoms with Gasteiger partial charge in [-0.3, -0.25) is 14.6 Å². The van der Waals surface area contributed by atoms with Crippen LogP contribution in [-0.2, 0) is 9.53 Å². The number of hydrogen-bond acceptors (Lipinski definition) is 6. The first kappa shape index (κ1) is 17.6. The molecule has 1 amide bonds. The van der Waals surface area contributed by atoms with Gasteiger partial charge in [-0.05, 0) is 19.1 Å². The fourth-order valence-electron chi connectivity index (χ4n) is 2.83. The molecule has 10 nitrogen and oxygen atoms in total. The minimum Gasteiger partial charge on any atom is -0.375 e. The van der Waals surface area contributed by atoms with Crippen LogP contribution in [0.15, 0.2) is 47.4 Å². The second-order valence-electron chi connectivity index (χ2n) is 6.08. The lowest BCUT2D eigenvalue weighted by Gasteiger charge is -2.08. The normalized spacial score (nSPS) is 11.1. The highest BCUT2D eigenvalue weighted by Crippen LogP contribution is 2.17. The number of para-hydroxylation sites is 1. The Balaban J connectivity index is 1.85. The summed E-state index contributed by atoms with van der Waals surface area (Å²) >= 11 is 0. The third-order valence-electron chi connectivity index (χ3n) is 4.00. The van der Waals surface area contributed by atoms with E-state index in [2.05, 4.69) is 25.5 Å². The van der Waals surface area contributed by atoms with Crippen LogP contribution in [0.5, 0.6) is 0 Å². The summed E-state index contributed by atoms with van der Waals surface area (Å²) in [6.07, 6.45) is 1.47. The van der Waals surface area contributed by atoms with E-state index in [1.54, 1.807) is 17.7 Å². The number of ether oxygens (including phenoxy) is 1. The number of aromatic nitrogens is 6. The van der Waals surface area contributed by atoms with Gasteiger partial charge in [0.15, 0.2) is 5.65 Å². The Morgan fingerprint density at radius 1 is 1.25 bits per heavy atom. The molecule has 3 heterocycles. The van der Waals surface area contributed by atoms with Crippen molar-refractivity contribution in [3.8, 4) is 11.6 Å². The first-order chi connectivity index (χ1) is 13.6. The van der Waals surface area contributed by atoms with Crippen LogP contribution in [0, 0.1) is 6.92 Å². The predicted octanol–water partition coefficient (Wildman–Crippen LogP) is 1.19. The Morgan fingerprint density at radius 3 is 2.79 bits per heavy atom. The van der Waals surface area contributed by atoms with Crippen LogP contribution in [-0.4, -0.2) is 49.2 Å². The van der Waals surface area contributed by atoms with Gasteiger partial charge in [0.2, 0.25) is 5.95 Å². The van der Waals surface area contributed by atoms with Crippen LogP contribution < -0.4 is 10.9 Å². The molecule has 0 aliphatic rings. The number of amides is 1. The Morgan fingerprint density at radius 2 is 2.04 bits per heavy atom. The largest absolute Gasteiger partial charge is 0.375 e. The van der Waals surface area contributed by atoms with Gasteiger partial charge in [0.1, 0.15) is 17.8 Å². The summed E-state index contributed by atoms with van der Waals surface area (Å²) < 4.78 is 7.78. The third kappa shape index (κ3) is 3.16. The van der Waals surface area contributed by atoms with E-state index < -0.39 is 0 Å². The Kier molecular flexibility index (Phi) is 4.45. The minimum absolute atomic E-state index is 0.103. The smallest absolute Gasteiger partial charge is 0.263 e. The lowest BCUT2D eigenvalue weighted by molar-refractivity contribution is -0.119. The number of fused-ring (bicyclic) bond motifs is 1. The molecule has 4 aromatic rings. The molecule has 10 heteroatoms. The van der Waals surface area contributed by atoms with Crippen LogP contribution in [0.1, 0.15) is 5.69 Å². The van der Waals surface area contributed by atoms with Crippen molar-refractivity contribution in [1.82, 2.24) is 29.5 Å². The van der Waals surface area contributed by atoms with E-state index in [4.69, 9.17) is 4.74 Å². The minimum atomic E-state index is -0.357. The van der Waals surface area contributed by atoms with Gasteiger partial charge in [0, 0.05) is 13.2 Å². The highest BCUT2D eigenvalue weighted by Gasteiger charge is 2.16. The van der Waals surface area contributed by atoms with Crippen LogP contribution >= 0.6 is 0 Å². The molecule has 0 aliphatic carbocycles. The monoisotopic (exact) mass is 379 g/mol. The van der Waals surface area contributed by atoms with E-state index in [0.29, 0.717) is 22.5 Å². The lowest BCUT2D eigenvalue weighted by Crippen LogP contribution is -2.21. The number of benzene rings is 1. The average Bonchev–Trinajstić information content (AvgIpc) is 3.26. The van der Waals surface area contributed by atoms with Crippen LogP contribution in [0.4, 0.5) is 5.82 Å². The molecule has 0 saturated carbocycles. The van der Waals surface area contributed by atoms with Crippen molar-refractivity contribution in [2.45, 2.75) is 6.92 Å². The average molecular weight is 379 g/mol. The zero-order chi connectivity index (χ0) is 19.7. The zero-order valence-electron chi connectivity index (χ0n) is 15.2. The van der Waals surface area contributed by atoms with Crippen molar-refractivity contribution < 1.29 is 9.53 Å². The molecule has 142 valence electrons. The molecule has 0 atom stereocenters. The SMILES string of the molecule is COCC(=O)Nc1cc(C)nn1-c1nc2c(cnn2-c2ccccc2)c(=O)[nH]1. The topological polar surface area (TPSA) is 120 Å². The number of aromatic amines is 1. The molecular formula is C18H17N7O3. The number of anilines is 1. The standard InChI is InChI=1S/C18H17N7O3/c1-11-8-14(20-15(26)10-28-2)25(23-11)18-21-16-13(17(27)22-18)9-19-24(16)12-6-4-3-5-7-12/h3-9H,10H2,1-2H3,(H,20,26)(H,21,22,27). The number of nitrogens with one attached hydrogen (secondary N) is 2. The van der Waals surface area contributed by atoms with E-state index in [1.165, 1.54) is 18.0 Å². The molecule has 2 N–H and O–H groups in total. The molecule has 0 unspecified atom stereocenters. The van der Waals surface area contributed by atoms with Gasteiger partial charge in [-0.25, -0.2) is 4.68 Å². The summed E-state index contributed by atoms with van der Waals surface area (Å²) in [6.45, 7) is 1.67. The number of nitrogens with zero attached hydrogens (tertiary/aromatic N) is 5. The highest BCUT2D eigenvalue weighted by atomic mass is 16.5. The van der Waals surface area contributed by atoms with Crippen molar-refractivity contribution in [1.29, 1.82) is 0 Å². The second-order valence-corrected chi connectivity index (χ2v) is 6.08. The number of H-pyrrole nitrogens is 1. The van der Waals surface area contributed by atoms with Crippen LogP contribution in [0.25, 0.3) is 22.7 Å². The van der Waals surface area contributed by atoms with Gasteiger partial charge in [-0.15, -0.1) is 0 Å². The molecule has 0 bridgehead atoms. The maximum atomic E-state index is 12.6. The van der Waals surface area contributed by atoms with Gasteiger partial charge < -0.3 is 10.1 Å². The summed E-state index contributed by atoms with van der Waals surface area (Å²) in [6, 6.07) is 11.0. The van der Waals surface area contributed by atoms with E-state index in [0.717, 1.165) is 5.69 Å². The summed E-state index contributed by atoms with van der Waals surface area (Å²) in [5.41, 5.74) is 1.44. The lowest BCUT2D eigenvalue weighted by atomic mass is 10.3. The molecule has 3 aromatic heterocycles. The van der Waals surface area contributed by atoms with Gasteiger partial charge >= 0.3 is 0 Å². The fourth-order valence-corrected chi connectivity index (χ4v) is 2.83. The van der Waals surface area contributed by atoms with E-state index >= 15 is 0 Å². The van der Waals surface area contributed by atoms with Gasteiger partial charge in [-0.2, -0.15) is 19.9 Å². The summed E-state index contributed by atoms with van der Waals surface area (Å²) in [7, 11) is 1.43. The summed E-state index contributed by atoms with van der Waals surface area (Å²) in [5.74, 6) is 0.185. The second kappa shape index (κ2) is 7.08. The summed E-state index contributed by atoms with van der Waals surface area (Å²) in [4.78, 5) is 31.7. The van der Waals surface area contributed by atoms with E-state index in [-0.39, 0.29) is 24.0 Å². The molecule has 0 spiro atoms.